The third-order valence-corrected chi connectivity index (χ3v) is 9.03. The van der Waals surface area contributed by atoms with Gasteiger partial charge in [0.05, 0.1) is 6.10 Å². The zero-order valence-electron chi connectivity index (χ0n) is 17.4. The number of amides is 1. The molecule has 8 heteroatoms. The Bertz CT molecular complexity index is 850. The summed E-state index contributed by atoms with van der Waals surface area (Å²) in [6.07, 6.45) is 8.42. The number of aryl methyl sites for hydroxylation is 1. The van der Waals surface area contributed by atoms with Crippen molar-refractivity contribution < 1.29 is 22.4 Å². The average Bonchev–Trinajstić information content (AvgIpc) is 3.38. The predicted octanol–water partition coefficient (Wildman–Crippen LogP) is 3.23. The van der Waals surface area contributed by atoms with Crippen LogP contribution in [0.4, 0.5) is 0 Å². The second kappa shape index (κ2) is 8.04. The second-order valence-corrected chi connectivity index (χ2v) is 10.5. The number of ether oxygens (including phenoxy) is 1. The van der Waals surface area contributed by atoms with Crippen LogP contribution in [0.2, 0.25) is 0 Å². The summed E-state index contributed by atoms with van der Waals surface area (Å²) in [6.45, 7) is 5.35. The Balaban J connectivity index is 1.49. The van der Waals surface area contributed by atoms with Crippen LogP contribution in [0.5, 0.6) is 0 Å². The first-order valence-corrected chi connectivity index (χ1v) is 12.4. The molecule has 1 N–H and O–H groups in total. The molecule has 2 heterocycles. The van der Waals surface area contributed by atoms with E-state index in [2.05, 4.69) is 5.32 Å². The lowest BCUT2D eigenvalue weighted by atomic mass is 9.55. The Morgan fingerprint density at radius 3 is 2.59 bits per heavy atom. The summed E-state index contributed by atoms with van der Waals surface area (Å²) in [5.74, 6) is 0.0159. The number of rotatable bonds is 6. The van der Waals surface area contributed by atoms with E-state index in [9.17, 15) is 13.2 Å². The molecule has 0 radical (unpaired) electrons. The van der Waals surface area contributed by atoms with Crippen molar-refractivity contribution in [3.8, 4) is 0 Å². The fourth-order valence-corrected chi connectivity index (χ4v) is 7.07. The molecule has 3 aliphatic rings. The molecular formula is C21H32N2O5S. The minimum absolute atomic E-state index is 0.00994. The Kier molecular flexibility index (Phi) is 5.79. The number of carbonyl (C=O) groups excluding carboxylic acids is 1. The highest BCUT2D eigenvalue weighted by atomic mass is 32.2. The third kappa shape index (κ3) is 3.64. The summed E-state index contributed by atoms with van der Waals surface area (Å²) in [7, 11) is -3.61. The molecule has 0 unspecified atom stereocenters. The number of nitrogens with zero attached hydrogens (tertiary/aromatic N) is 1. The van der Waals surface area contributed by atoms with Crippen LogP contribution < -0.4 is 5.32 Å². The molecule has 0 bridgehead atoms. The molecule has 2 atom stereocenters. The van der Waals surface area contributed by atoms with Crippen LogP contribution in [-0.4, -0.2) is 50.5 Å². The normalized spacial score (nSPS) is 27.1. The molecule has 2 saturated carbocycles. The van der Waals surface area contributed by atoms with Crippen molar-refractivity contribution in [3.63, 3.8) is 0 Å². The Labute approximate surface area is 173 Å². The van der Waals surface area contributed by atoms with Crippen molar-refractivity contribution in [1.82, 2.24) is 9.62 Å². The number of sulfonamides is 1. The standard InChI is InChI=1S/C21H32N2O5S/c1-3-27-19-14-18(21(19)9-5-4-6-10-21)22-20(24)16-13-17(15(2)28-16)29(25,26)23-11-7-8-12-23/h13,18-19H,3-12,14H2,1-2H3,(H,22,24)/t18-,19-/m0/s1. The van der Waals surface area contributed by atoms with Crippen LogP contribution in [0.1, 0.15) is 74.6 Å². The van der Waals surface area contributed by atoms with Gasteiger partial charge in [-0.25, -0.2) is 8.42 Å². The van der Waals surface area contributed by atoms with Crippen LogP contribution in [0.3, 0.4) is 0 Å². The molecule has 1 amide bonds. The number of nitrogens with one attached hydrogen (secondary N) is 1. The maximum Gasteiger partial charge on any atom is 0.287 e. The van der Waals surface area contributed by atoms with Gasteiger partial charge in [-0.05, 0) is 46.0 Å². The molecule has 3 fully saturated rings. The first-order valence-electron chi connectivity index (χ1n) is 10.9. The van der Waals surface area contributed by atoms with Gasteiger partial charge in [-0.3, -0.25) is 4.79 Å². The molecule has 0 aromatic carbocycles. The van der Waals surface area contributed by atoms with Crippen molar-refractivity contribution in [2.45, 2.75) is 82.3 Å². The summed E-state index contributed by atoms with van der Waals surface area (Å²) in [5, 5.41) is 3.12. The van der Waals surface area contributed by atoms with E-state index < -0.39 is 10.0 Å². The summed E-state index contributed by atoms with van der Waals surface area (Å²) in [6, 6.07) is 1.45. The van der Waals surface area contributed by atoms with E-state index in [1.165, 1.54) is 16.8 Å². The van der Waals surface area contributed by atoms with Crippen LogP contribution in [0.25, 0.3) is 0 Å². The Hall–Kier alpha value is -1.38. The maximum atomic E-state index is 12.9. The van der Waals surface area contributed by atoms with Crippen molar-refractivity contribution in [1.29, 1.82) is 0 Å². The summed E-state index contributed by atoms with van der Waals surface area (Å²) in [4.78, 5) is 13.0. The van der Waals surface area contributed by atoms with Gasteiger partial charge in [0.2, 0.25) is 10.0 Å². The van der Waals surface area contributed by atoms with E-state index >= 15 is 0 Å². The van der Waals surface area contributed by atoms with E-state index in [1.807, 2.05) is 6.92 Å². The Morgan fingerprint density at radius 2 is 1.93 bits per heavy atom. The van der Waals surface area contributed by atoms with Crippen LogP contribution in [-0.2, 0) is 14.8 Å². The van der Waals surface area contributed by atoms with Gasteiger partial charge in [0, 0.05) is 37.2 Å². The van der Waals surface area contributed by atoms with E-state index in [4.69, 9.17) is 9.15 Å². The largest absolute Gasteiger partial charge is 0.455 e. The molecule has 1 saturated heterocycles. The second-order valence-electron chi connectivity index (χ2n) is 8.64. The molecule has 4 rings (SSSR count). The quantitative estimate of drug-likeness (QED) is 0.757. The molecule has 162 valence electrons. The zero-order chi connectivity index (χ0) is 20.6. The summed E-state index contributed by atoms with van der Waals surface area (Å²) < 4.78 is 38.7. The lowest BCUT2D eigenvalue weighted by Gasteiger charge is -2.57. The van der Waals surface area contributed by atoms with Gasteiger partial charge in [0.15, 0.2) is 5.76 Å². The summed E-state index contributed by atoms with van der Waals surface area (Å²) in [5.41, 5.74) is 0.00994. The summed E-state index contributed by atoms with van der Waals surface area (Å²) >= 11 is 0. The van der Waals surface area contributed by atoms with Crippen LogP contribution >= 0.6 is 0 Å². The van der Waals surface area contributed by atoms with Gasteiger partial charge < -0.3 is 14.5 Å². The number of furan rings is 1. The highest BCUT2D eigenvalue weighted by Crippen LogP contribution is 2.53. The van der Waals surface area contributed by atoms with Gasteiger partial charge in [-0.15, -0.1) is 0 Å². The lowest BCUT2D eigenvalue weighted by Crippen LogP contribution is -2.65. The van der Waals surface area contributed by atoms with Gasteiger partial charge in [-0.2, -0.15) is 4.31 Å². The molecule has 7 nitrogen and oxygen atoms in total. The Morgan fingerprint density at radius 1 is 1.24 bits per heavy atom. The fourth-order valence-electron chi connectivity index (χ4n) is 5.40. The lowest BCUT2D eigenvalue weighted by molar-refractivity contribution is -0.147. The molecule has 2 aliphatic carbocycles. The van der Waals surface area contributed by atoms with Crippen molar-refractivity contribution in [2.24, 2.45) is 5.41 Å². The number of hydrogen-bond donors (Lipinski definition) is 1. The minimum Gasteiger partial charge on any atom is -0.455 e. The molecule has 1 aliphatic heterocycles. The molecular weight excluding hydrogens is 392 g/mol. The van der Waals surface area contributed by atoms with Crippen molar-refractivity contribution >= 4 is 15.9 Å². The van der Waals surface area contributed by atoms with E-state index in [0.717, 1.165) is 44.9 Å². The van der Waals surface area contributed by atoms with Crippen LogP contribution in [0.15, 0.2) is 15.4 Å². The van der Waals surface area contributed by atoms with E-state index in [-0.39, 0.29) is 39.9 Å². The first-order chi connectivity index (χ1) is 13.9. The zero-order valence-corrected chi connectivity index (χ0v) is 18.2. The topological polar surface area (TPSA) is 88.8 Å². The van der Waals surface area contributed by atoms with Gasteiger partial charge >= 0.3 is 0 Å². The van der Waals surface area contributed by atoms with Crippen molar-refractivity contribution in [3.05, 3.63) is 17.6 Å². The number of carbonyl (C=O) groups is 1. The van der Waals surface area contributed by atoms with E-state index in [0.29, 0.717) is 19.7 Å². The molecule has 29 heavy (non-hydrogen) atoms. The van der Waals surface area contributed by atoms with Gasteiger partial charge in [-0.1, -0.05) is 19.3 Å². The smallest absolute Gasteiger partial charge is 0.287 e. The first kappa shape index (κ1) is 20.9. The molecule has 1 spiro atoms. The average molecular weight is 425 g/mol. The highest BCUT2D eigenvalue weighted by Gasteiger charge is 2.56. The van der Waals surface area contributed by atoms with Gasteiger partial charge in [0.25, 0.3) is 5.91 Å². The van der Waals surface area contributed by atoms with Gasteiger partial charge in [0.1, 0.15) is 10.7 Å². The predicted molar refractivity (Wildman–Crippen MR) is 108 cm³/mol. The van der Waals surface area contributed by atoms with Crippen LogP contribution in [0, 0.1) is 12.3 Å². The third-order valence-electron chi connectivity index (χ3n) is 7.02. The minimum atomic E-state index is -3.61. The molecule has 1 aromatic rings. The highest BCUT2D eigenvalue weighted by molar-refractivity contribution is 7.89. The number of hydrogen-bond acceptors (Lipinski definition) is 5. The van der Waals surface area contributed by atoms with E-state index in [1.54, 1.807) is 6.92 Å². The SMILES string of the molecule is CCO[C@H]1C[C@H](NC(=O)c2cc(S(=O)(=O)N3CCCC3)c(C)o2)C12CCCCC2. The fraction of sp³-hybridized carbons (Fsp3) is 0.762. The maximum absolute atomic E-state index is 12.9. The van der Waals surface area contributed by atoms with Crippen molar-refractivity contribution in [2.75, 3.05) is 19.7 Å². The monoisotopic (exact) mass is 424 g/mol. The molecule has 1 aromatic heterocycles.